The van der Waals surface area contributed by atoms with Crippen molar-refractivity contribution < 1.29 is 33.8 Å². The topological polar surface area (TPSA) is 186 Å². The van der Waals surface area contributed by atoms with Gasteiger partial charge in [-0.1, -0.05) is 19.3 Å². The zero-order chi connectivity index (χ0) is 21.2. The lowest BCUT2D eigenvalue weighted by molar-refractivity contribution is -0.0504. The van der Waals surface area contributed by atoms with Gasteiger partial charge in [0.25, 0.3) is 0 Å². The van der Waals surface area contributed by atoms with E-state index >= 15 is 0 Å². The van der Waals surface area contributed by atoms with Crippen LogP contribution in [0.5, 0.6) is 0 Å². The maximum absolute atomic E-state index is 10.9. The van der Waals surface area contributed by atoms with Gasteiger partial charge in [-0.25, -0.2) is 19.5 Å². The fraction of sp³-hybridized carbons (Fsp3) is 0.562. The van der Waals surface area contributed by atoms with E-state index < -0.39 is 39.0 Å². The number of fused-ring (bicyclic) bond motifs is 1. The van der Waals surface area contributed by atoms with Crippen LogP contribution in [0.15, 0.2) is 6.33 Å². The van der Waals surface area contributed by atoms with Gasteiger partial charge in [0.1, 0.15) is 23.8 Å². The lowest BCUT2D eigenvalue weighted by Crippen LogP contribution is -2.33. The van der Waals surface area contributed by atoms with Crippen LogP contribution in [-0.4, -0.2) is 64.4 Å². The number of aliphatic hydroxyl groups excluding tert-OH is 2. The van der Waals surface area contributed by atoms with Gasteiger partial charge in [0.2, 0.25) is 5.82 Å². The minimum Gasteiger partial charge on any atom is -0.387 e. The van der Waals surface area contributed by atoms with E-state index in [9.17, 15) is 14.8 Å². The molecule has 0 aromatic carbocycles. The van der Waals surface area contributed by atoms with Crippen LogP contribution < -0.4 is 5.73 Å². The summed E-state index contributed by atoms with van der Waals surface area (Å²) in [6.07, 6.45) is -1.21. The normalized spacial score (nSPS) is 24.6. The fourth-order valence-electron chi connectivity index (χ4n) is 2.85. The van der Waals surface area contributed by atoms with Crippen molar-refractivity contribution in [1.82, 2.24) is 19.5 Å². The first-order valence-electron chi connectivity index (χ1n) is 8.92. The summed E-state index contributed by atoms with van der Waals surface area (Å²) < 4.78 is 22.1. The highest BCUT2D eigenvalue weighted by Gasteiger charge is 2.45. The van der Waals surface area contributed by atoms with Crippen molar-refractivity contribution in [3.8, 4) is 11.8 Å². The molecule has 0 aliphatic carbocycles. The summed E-state index contributed by atoms with van der Waals surface area (Å²) in [5.41, 5.74) is 6.44. The number of hydrogen-bond acceptors (Lipinski definition) is 9. The minimum absolute atomic E-state index is 0.1000. The highest BCUT2D eigenvalue weighted by molar-refractivity contribution is 7.46. The molecule has 0 bridgehead atoms. The second kappa shape index (κ2) is 8.73. The van der Waals surface area contributed by atoms with Crippen molar-refractivity contribution >= 4 is 24.8 Å². The number of unbranched alkanes of at least 4 members (excludes halogenated alkanes) is 2. The number of ether oxygens (including phenoxy) is 1. The van der Waals surface area contributed by atoms with Gasteiger partial charge in [0.05, 0.1) is 12.9 Å². The number of anilines is 1. The lowest BCUT2D eigenvalue weighted by Gasteiger charge is -2.16. The Balaban J connectivity index is 1.87. The van der Waals surface area contributed by atoms with Crippen LogP contribution >= 0.6 is 7.82 Å². The average molecular weight is 427 g/mol. The molecule has 1 aliphatic rings. The number of nitrogen functional groups attached to an aromatic ring is 1. The molecule has 3 rings (SSSR count). The van der Waals surface area contributed by atoms with E-state index in [-0.39, 0.29) is 22.8 Å². The van der Waals surface area contributed by atoms with Crippen molar-refractivity contribution in [3.63, 3.8) is 0 Å². The van der Waals surface area contributed by atoms with Gasteiger partial charge in [-0.2, -0.15) is 0 Å². The standard InChI is InChI=1S/C16H22N5O7P/c1-2-3-4-5-6-10-19-14(17)11-15(20-10)21(8-18-11)16-13(23)12(22)9(28-16)7-27-29(24,25)26/h8-9,12-13,16,22-23H,2-4,7H2,1H3,(H2,17,19,20)(H2,24,25,26). The number of nitrogens with zero attached hydrogens (tertiary/aromatic N) is 4. The van der Waals surface area contributed by atoms with Crippen LogP contribution in [0.2, 0.25) is 0 Å². The molecule has 13 heteroatoms. The van der Waals surface area contributed by atoms with Gasteiger partial charge in [-0.05, 0) is 12.3 Å². The zero-order valence-corrected chi connectivity index (χ0v) is 16.4. The third kappa shape index (κ3) is 4.91. The number of rotatable bonds is 6. The van der Waals surface area contributed by atoms with Crippen molar-refractivity contribution in [2.24, 2.45) is 0 Å². The van der Waals surface area contributed by atoms with Crippen LogP contribution in [0.3, 0.4) is 0 Å². The molecule has 4 unspecified atom stereocenters. The highest BCUT2D eigenvalue weighted by Crippen LogP contribution is 2.38. The molecule has 0 spiro atoms. The Morgan fingerprint density at radius 2 is 2.10 bits per heavy atom. The summed E-state index contributed by atoms with van der Waals surface area (Å²) in [7, 11) is -4.76. The van der Waals surface area contributed by atoms with Crippen molar-refractivity contribution in [3.05, 3.63) is 12.2 Å². The second-order valence-electron chi connectivity index (χ2n) is 6.49. The zero-order valence-electron chi connectivity index (χ0n) is 15.5. The molecule has 3 heterocycles. The van der Waals surface area contributed by atoms with E-state index in [2.05, 4.69) is 38.2 Å². The molecular weight excluding hydrogens is 405 g/mol. The number of phosphoric ester groups is 1. The van der Waals surface area contributed by atoms with Crippen molar-refractivity contribution in [2.45, 2.75) is 50.7 Å². The third-order valence-corrected chi connectivity index (χ3v) is 4.81. The fourth-order valence-corrected chi connectivity index (χ4v) is 3.20. The molecule has 0 saturated carbocycles. The second-order valence-corrected chi connectivity index (χ2v) is 7.73. The van der Waals surface area contributed by atoms with E-state index in [1.807, 2.05) is 0 Å². The SMILES string of the molecule is CCCCC#Cc1nc(N)c2ncn(C3OC(COP(=O)(O)O)C(O)C3O)c2n1. The molecule has 1 aliphatic heterocycles. The minimum atomic E-state index is -4.76. The first-order chi connectivity index (χ1) is 13.7. The largest absolute Gasteiger partial charge is 0.469 e. The van der Waals surface area contributed by atoms with E-state index in [1.165, 1.54) is 10.9 Å². The average Bonchev–Trinajstić information content (AvgIpc) is 3.19. The van der Waals surface area contributed by atoms with Crippen LogP contribution in [0.25, 0.3) is 11.2 Å². The van der Waals surface area contributed by atoms with Crippen molar-refractivity contribution in [1.29, 1.82) is 0 Å². The Morgan fingerprint density at radius 1 is 1.34 bits per heavy atom. The van der Waals surface area contributed by atoms with Gasteiger partial charge in [0.15, 0.2) is 17.7 Å². The van der Waals surface area contributed by atoms with E-state index in [4.69, 9.17) is 20.3 Å². The number of nitrogens with two attached hydrogens (primary N) is 1. The molecular formula is C16H22N5O7P. The van der Waals surface area contributed by atoms with Crippen LogP contribution in [0.1, 0.15) is 38.2 Å². The van der Waals surface area contributed by atoms with E-state index in [1.54, 1.807) is 0 Å². The van der Waals surface area contributed by atoms with Gasteiger partial charge in [0, 0.05) is 6.42 Å². The molecule has 12 nitrogen and oxygen atoms in total. The summed E-state index contributed by atoms with van der Waals surface area (Å²) >= 11 is 0. The quantitative estimate of drug-likeness (QED) is 0.231. The number of imidazole rings is 1. The Bertz CT molecular complexity index is 981. The molecule has 0 amide bonds. The Kier molecular flexibility index (Phi) is 6.50. The predicted octanol–water partition coefficient (Wildman–Crippen LogP) is -0.321. The van der Waals surface area contributed by atoms with Gasteiger partial charge in [-0.3, -0.25) is 9.09 Å². The summed E-state index contributed by atoms with van der Waals surface area (Å²) in [6.45, 7) is 1.44. The van der Waals surface area contributed by atoms with Gasteiger partial charge >= 0.3 is 7.82 Å². The summed E-state index contributed by atoms with van der Waals surface area (Å²) in [5, 5.41) is 20.5. The molecule has 1 fully saturated rings. The molecule has 6 N–H and O–H groups in total. The monoisotopic (exact) mass is 427 g/mol. The van der Waals surface area contributed by atoms with Gasteiger partial charge < -0.3 is 30.5 Å². The summed E-state index contributed by atoms with van der Waals surface area (Å²) in [4.78, 5) is 30.2. The van der Waals surface area contributed by atoms with Crippen LogP contribution in [0.4, 0.5) is 5.82 Å². The molecule has 158 valence electrons. The number of hydrogen-bond donors (Lipinski definition) is 5. The van der Waals surface area contributed by atoms with Crippen LogP contribution in [0, 0.1) is 11.8 Å². The highest BCUT2D eigenvalue weighted by atomic mass is 31.2. The Hall–Kier alpha value is -2.10. The summed E-state index contributed by atoms with van der Waals surface area (Å²) in [5.74, 6) is 6.07. The smallest absolute Gasteiger partial charge is 0.387 e. The number of aromatic nitrogens is 4. The molecule has 2 aromatic heterocycles. The molecule has 2 aromatic rings. The molecule has 0 radical (unpaired) electrons. The molecule has 29 heavy (non-hydrogen) atoms. The Morgan fingerprint density at radius 3 is 2.79 bits per heavy atom. The van der Waals surface area contributed by atoms with Crippen molar-refractivity contribution in [2.75, 3.05) is 12.3 Å². The predicted molar refractivity (Wildman–Crippen MR) is 100 cm³/mol. The lowest BCUT2D eigenvalue weighted by atomic mass is 10.1. The number of phosphoric acid groups is 1. The van der Waals surface area contributed by atoms with E-state index in [0.29, 0.717) is 6.42 Å². The molecule has 1 saturated heterocycles. The third-order valence-electron chi connectivity index (χ3n) is 4.32. The summed E-state index contributed by atoms with van der Waals surface area (Å²) in [6, 6.07) is 0. The van der Waals surface area contributed by atoms with E-state index in [0.717, 1.165) is 12.8 Å². The Labute approximate surface area is 165 Å². The van der Waals surface area contributed by atoms with Crippen LogP contribution in [-0.2, 0) is 13.8 Å². The number of aliphatic hydroxyl groups is 2. The maximum atomic E-state index is 10.9. The first kappa shape index (κ1) is 21.6. The maximum Gasteiger partial charge on any atom is 0.469 e. The van der Waals surface area contributed by atoms with Gasteiger partial charge in [-0.15, -0.1) is 0 Å². The first-order valence-corrected chi connectivity index (χ1v) is 10.4. The molecule has 4 atom stereocenters.